The number of carbonyl (C=O) groups excluding carboxylic acids is 1. The van der Waals surface area contributed by atoms with Crippen molar-refractivity contribution in [2.24, 2.45) is 0 Å². The molecule has 0 unspecified atom stereocenters. The molecule has 2 rings (SSSR count). The lowest BCUT2D eigenvalue weighted by molar-refractivity contribution is -0.384. The first-order valence-corrected chi connectivity index (χ1v) is 6.36. The first kappa shape index (κ1) is 13.5. The molecule has 0 aliphatic heterocycles. The molecule has 2 aromatic carbocycles. The largest absolute Gasteiger partial charge is 0.423 e. The monoisotopic (exact) mass is 369 g/mol. The van der Waals surface area contributed by atoms with Gasteiger partial charge in [0.05, 0.1) is 10.5 Å². The van der Waals surface area contributed by atoms with Gasteiger partial charge >= 0.3 is 5.97 Å². The zero-order valence-corrected chi connectivity index (χ0v) is 11.7. The lowest BCUT2D eigenvalue weighted by atomic mass is 10.2. The molecule has 96 valence electrons. The Bertz CT molecular complexity index is 625. The van der Waals surface area contributed by atoms with Crippen molar-refractivity contribution in [1.29, 1.82) is 0 Å². The molecular weight excluding hydrogens is 361 g/mol. The summed E-state index contributed by atoms with van der Waals surface area (Å²) in [5, 5.41) is 10.5. The normalized spacial score (nSPS) is 9.95. The highest BCUT2D eigenvalue weighted by Crippen LogP contribution is 2.18. The molecule has 0 amide bonds. The fraction of sp³-hybridized carbons (Fsp3) is 0. The maximum absolute atomic E-state index is 11.8. The van der Waals surface area contributed by atoms with Crippen LogP contribution in [0.5, 0.6) is 5.75 Å². The maximum atomic E-state index is 11.8. The van der Waals surface area contributed by atoms with Crippen LogP contribution in [0.1, 0.15) is 10.4 Å². The maximum Gasteiger partial charge on any atom is 0.343 e. The molecule has 6 heteroatoms. The molecule has 19 heavy (non-hydrogen) atoms. The van der Waals surface area contributed by atoms with Crippen molar-refractivity contribution in [2.45, 2.75) is 0 Å². The molecule has 0 aliphatic carbocycles. The van der Waals surface area contributed by atoms with E-state index >= 15 is 0 Å². The molecule has 0 aromatic heterocycles. The minimum absolute atomic E-state index is 0.0472. The van der Waals surface area contributed by atoms with E-state index in [0.29, 0.717) is 5.56 Å². The summed E-state index contributed by atoms with van der Waals surface area (Å²) in [6.45, 7) is 0. The van der Waals surface area contributed by atoms with Crippen LogP contribution in [0.3, 0.4) is 0 Å². The van der Waals surface area contributed by atoms with E-state index in [4.69, 9.17) is 4.74 Å². The predicted molar refractivity (Wildman–Crippen MR) is 77.2 cm³/mol. The molecule has 0 saturated heterocycles. The zero-order chi connectivity index (χ0) is 13.8. The Morgan fingerprint density at radius 1 is 1.16 bits per heavy atom. The highest BCUT2D eigenvalue weighted by atomic mass is 127. The lowest BCUT2D eigenvalue weighted by Gasteiger charge is -2.04. The predicted octanol–water partition coefficient (Wildman–Crippen LogP) is 3.42. The molecule has 0 atom stereocenters. The van der Waals surface area contributed by atoms with E-state index in [9.17, 15) is 14.9 Å². The molecular formula is C13H8INO4. The van der Waals surface area contributed by atoms with Gasteiger partial charge in [0, 0.05) is 15.7 Å². The lowest BCUT2D eigenvalue weighted by Crippen LogP contribution is -2.08. The second-order valence-corrected chi connectivity index (χ2v) is 4.90. The van der Waals surface area contributed by atoms with E-state index < -0.39 is 10.9 Å². The second kappa shape index (κ2) is 5.79. The second-order valence-electron chi connectivity index (χ2n) is 3.65. The van der Waals surface area contributed by atoms with E-state index in [1.54, 1.807) is 18.2 Å². The quantitative estimate of drug-likeness (QED) is 0.273. The van der Waals surface area contributed by atoms with Crippen LogP contribution in [0.25, 0.3) is 0 Å². The summed E-state index contributed by atoms with van der Waals surface area (Å²) in [7, 11) is 0. The number of carbonyl (C=O) groups is 1. The standard InChI is InChI=1S/C13H8INO4/c14-10-3-1-2-9(8-10)13(16)19-12-6-4-11(5-7-12)15(17)18/h1-8H. The average molecular weight is 369 g/mol. The topological polar surface area (TPSA) is 69.4 Å². The number of rotatable bonds is 3. The SMILES string of the molecule is O=C(Oc1ccc([N+](=O)[O-])cc1)c1cccc(I)c1. The highest BCUT2D eigenvalue weighted by molar-refractivity contribution is 14.1. The van der Waals surface area contributed by atoms with Gasteiger partial charge < -0.3 is 4.74 Å². The molecule has 5 nitrogen and oxygen atoms in total. The van der Waals surface area contributed by atoms with Crippen molar-refractivity contribution in [2.75, 3.05) is 0 Å². The number of halogens is 1. The molecule has 0 N–H and O–H groups in total. The summed E-state index contributed by atoms with van der Waals surface area (Å²) in [6, 6.07) is 12.3. The third kappa shape index (κ3) is 3.50. The van der Waals surface area contributed by atoms with Gasteiger partial charge in [-0.05, 0) is 52.9 Å². The molecule has 0 fully saturated rings. The minimum atomic E-state index is -0.509. The third-order valence-corrected chi connectivity index (χ3v) is 2.99. The van der Waals surface area contributed by atoms with Crippen LogP contribution in [-0.2, 0) is 0 Å². The number of nitrogens with zero attached hydrogens (tertiary/aromatic N) is 1. The van der Waals surface area contributed by atoms with Gasteiger partial charge in [-0.15, -0.1) is 0 Å². The summed E-state index contributed by atoms with van der Waals surface area (Å²) in [6.07, 6.45) is 0. The molecule has 0 aliphatic rings. The number of nitro benzene ring substituents is 1. The third-order valence-electron chi connectivity index (χ3n) is 2.32. The van der Waals surface area contributed by atoms with E-state index in [1.807, 2.05) is 6.07 Å². The van der Waals surface area contributed by atoms with Gasteiger partial charge in [-0.1, -0.05) is 6.07 Å². The summed E-state index contributed by atoms with van der Waals surface area (Å²) in [4.78, 5) is 21.8. The van der Waals surface area contributed by atoms with Gasteiger partial charge in [0.25, 0.3) is 5.69 Å². The van der Waals surface area contributed by atoms with E-state index in [2.05, 4.69) is 22.6 Å². The van der Waals surface area contributed by atoms with Gasteiger partial charge in [0.15, 0.2) is 0 Å². The number of ether oxygens (including phenoxy) is 1. The Morgan fingerprint density at radius 3 is 2.42 bits per heavy atom. The summed E-state index contributed by atoms with van der Waals surface area (Å²) >= 11 is 2.10. The summed E-state index contributed by atoms with van der Waals surface area (Å²) < 4.78 is 6.05. The van der Waals surface area contributed by atoms with Crippen molar-refractivity contribution >= 4 is 34.2 Å². The van der Waals surface area contributed by atoms with Crippen LogP contribution in [0.4, 0.5) is 5.69 Å². The number of nitro groups is 1. The van der Waals surface area contributed by atoms with Gasteiger partial charge in [-0.25, -0.2) is 4.79 Å². The van der Waals surface area contributed by atoms with Gasteiger partial charge in [-0.3, -0.25) is 10.1 Å². The number of benzene rings is 2. The van der Waals surface area contributed by atoms with Crippen LogP contribution in [-0.4, -0.2) is 10.9 Å². The number of hydrogen-bond donors (Lipinski definition) is 0. The summed E-state index contributed by atoms with van der Waals surface area (Å²) in [5.41, 5.74) is 0.388. The Kier molecular flexibility index (Phi) is 4.10. The van der Waals surface area contributed by atoms with Crippen molar-refractivity contribution < 1.29 is 14.5 Å². The van der Waals surface area contributed by atoms with Crippen LogP contribution < -0.4 is 4.74 Å². The van der Waals surface area contributed by atoms with Crippen molar-refractivity contribution in [3.63, 3.8) is 0 Å². The van der Waals surface area contributed by atoms with Crippen LogP contribution in [0.15, 0.2) is 48.5 Å². The van der Waals surface area contributed by atoms with Crippen molar-refractivity contribution in [1.82, 2.24) is 0 Å². The molecule has 0 radical (unpaired) electrons. The fourth-order valence-corrected chi connectivity index (χ4v) is 1.96. The van der Waals surface area contributed by atoms with Crippen LogP contribution >= 0.6 is 22.6 Å². The van der Waals surface area contributed by atoms with E-state index in [-0.39, 0.29) is 11.4 Å². The number of esters is 1. The van der Waals surface area contributed by atoms with Gasteiger partial charge in [-0.2, -0.15) is 0 Å². The first-order valence-electron chi connectivity index (χ1n) is 5.28. The Labute approximate surface area is 122 Å². The van der Waals surface area contributed by atoms with Crippen LogP contribution in [0.2, 0.25) is 0 Å². The minimum Gasteiger partial charge on any atom is -0.423 e. The van der Waals surface area contributed by atoms with Gasteiger partial charge in [0.1, 0.15) is 5.75 Å². The molecule has 2 aromatic rings. The van der Waals surface area contributed by atoms with E-state index in [0.717, 1.165) is 3.57 Å². The smallest absolute Gasteiger partial charge is 0.343 e. The molecule has 0 heterocycles. The van der Waals surface area contributed by atoms with Crippen LogP contribution in [0, 0.1) is 13.7 Å². The Balaban J connectivity index is 2.13. The Hall–Kier alpha value is -1.96. The molecule has 0 saturated carbocycles. The first-order chi connectivity index (χ1) is 9.06. The van der Waals surface area contributed by atoms with Gasteiger partial charge in [0.2, 0.25) is 0 Å². The number of hydrogen-bond acceptors (Lipinski definition) is 4. The van der Waals surface area contributed by atoms with Crippen molar-refractivity contribution in [3.05, 3.63) is 67.8 Å². The highest BCUT2D eigenvalue weighted by Gasteiger charge is 2.10. The number of non-ortho nitro benzene ring substituents is 1. The average Bonchev–Trinajstić information content (AvgIpc) is 2.39. The summed E-state index contributed by atoms with van der Waals surface area (Å²) in [5.74, 6) is -0.221. The molecule has 0 spiro atoms. The zero-order valence-electron chi connectivity index (χ0n) is 9.58. The fourth-order valence-electron chi connectivity index (χ4n) is 1.42. The van der Waals surface area contributed by atoms with Crippen molar-refractivity contribution in [3.8, 4) is 5.75 Å². The Morgan fingerprint density at radius 2 is 1.84 bits per heavy atom. The van der Waals surface area contributed by atoms with E-state index in [1.165, 1.54) is 24.3 Å². The molecule has 0 bridgehead atoms.